The molecular formula is C20H17BrN4O3. The first-order valence-electron chi connectivity index (χ1n) is 8.39. The predicted octanol–water partition coefficient (Wildman–Crippen LogP) is 4.53. The molecule has 0 saturated carbocycles. The van der Waals surface area contributed by atoms with E-state index in [2.05, 4.69) is 26.5 Å². The quantitative estimate of drug-likeness (QED) is 0.359. The lowest BCUT2D eigenvalue weighted by Gasteiger charge is -2.09. The number of hydrazone groups is 1. The number of non-ortho nitro benzene ring substituents is 1. The van der Waals surface area contributed by atoms with Gasteiger partial charge < -0.3 is 4.57 Å². The number of rotatable bonds is 5. The fraction of sp³-hybridized carbons (Fsp3) is 0.100. The monoisotopic (exact) mass is 440 g/mol. The molecule has 0 radical (unpaired) electrons. The molecule has 2 aromatic carbocycles. The van der Waals surface area contributed by atoms with Crippen molar-refractivity contribution in [3.05, 3.63) is 91.7 Å². The number of nitro benzene ring substituents is 1. The fourth-order valence-electron chi connectivity index (χ4n) is 2.89. The molecule has 1 amide bonds. The molecule has 1 N–H and O–H groups in total. The Kier molecular flexibility index (Phi) is 5.70. The van der Waals surface area contributed by atoms with E-state index in [0.717, 1.165) is 21.4 Å². The highest BCUT2D eigenvalue weighted by Gasteiger charge is 2.13. The number of hydrogen-bond donors (Lipinski definition) is 1. The number of benzene rings is 2. The van der Waals surface area contributed by atoms with Crippen molar-refractivity contribution >= 4 is 33.7 Å². The second kappa shape index (κ2) is 8.18. The highest BCUT2D eigenvalue weighted by atomic mass is 79.9. The van der Waals surface area contributed by atoms with Crippen molar-refractivity contribution in [3.8, 4) is 5.69 Å². The van der Waals surface area contributed by atoms with Gasteiger partial charge in [0.1, 0.15) is 0 Å². The van der Waals surface area contributed by atoms with Gasteiger partial charge in [0.25, 0.3) is 11.6 Å². The molecule has 7 nitrogen and oxygen atoms in total. The van der Waals surface area contributed by atoms with Gasteiger partial charge in [0.05, 0.1) is 16.8 Å². The molecule has 0 fully saturated rings. The molecule has 0 bridgehead atoms. The Labute approximate surface area is 170 Å². The molecule has 0 aliphatic rings. The van der Waals surface area contributed by atoms with Crippen LogP contribution in [-0.4, -0.2) is 21.6 Å². The minimum Gasteiger partial charge on any atom is -0.318 e. The fourth-order valence-corrected chi connectivity index (χ4v) is 3.15. The van der Waals surface area contributed by atoms with Crippen molar-refractivity contribution in [2.24, 2.45) is 5.10 Å². The smallest absolute Gasteiger partial charge is 0.271 e. The molecule has 0 aliphatic heterocycles. The Morgan fingerprint density at radius 3 is 2.57 bits per heavy atom. The molecule has 0 saturated heterocycles. The SMILES string of the molecule is Cc1cc(/C=N\NC(=O)c2ccc(Br)cc2)c(C)n1-c1cccc([N+](=O)[O-])c1. The van der Waals surface area contributed by atoms with Gasteiger partial charge >= 0.3 is 0 Å². The highest BCUT2D eigenvalue weighted by molar-refractivity contribution is 9.10. The van der Waals surface area contributed by atoms with Gasteiger partial charge in [-0.1, -0.05) is 22.0 Å². The zero-order valence-electron chi connectivity index (χ0n) is 15.2. The minimum absolute atomic E-state index is 0.0296. The maximum Gasteiger partial charge on any atom is 0.271 e. The molecule has 0 atom stereocenters. The van der Waals surface area contributed by atoms with Gasteiger partial charge in [-0.2, -0.15) is 5.10 Å². The molecule has 0 spiro atoms. The maximum absolute atomic E-state index is 12.1. The Hall–Kier alpha value is -3.26. The molecular weight excluding hydrogens is 424 g/mol. The van der Waals surface area contributed by atoms with Crippen LogP contribution in [0.15, 0.2) is 64.2 Å². The van der Waals surface area contributed by atoms with Crippen molar-refractivity contribution in [1.29, 1.82) is 0 Å². The lowest BCUT2D eigenvalue weighted by molar-refractivity contribution is -0.384. The summed E-state index contributed by atoms with van der Waals surface area (Å²) >= 11 is 3.33. The van der Waals surface area contributed by atoms with Crippen LogP contribution in [-0.2, 0) is 0 Å². The van der Waals surface area contributed by atoms with E-state index in [-0.39, 0.29) is 11.6 Å². The summed E-state index contributed by atoms with van der Waals surface area (Å²) in [5, 5.41) is 15.1. The molecule has 0 unspecified atom stereocenters. The van der Waals surface area contributed by atoms with Gasteiger partial charge in [0.2, 0.25) is 0 Å². The molecule has 8 heteroatoms. The van der Waals surface area contributed by atoms with E-state index in [1.54, 1.807) is 36.5 Å². The number of nitro groups is 1. The minimum atomic E-state index is -0.419. The average Bonchev–Trinajstić information content (AvgIpc) is 2.95. The van der Waals surface area contributed by atoms with E-state index in [4.69, 9.17) is 0 Å². The zero-order valence-corrected chi connectivity index (χ0v) is 16.8. The Bertz CT molecular complexity index is 1070. The Balaban J connectivity index is 1.81. The standard InChI is InChI=1S/C20H17BrN4O3/c1-13-10-16(12-22-23-20(26)15-6-8-17(21)9-7-15)14(2)24(13)18-4-3-5-19(11-18)25(27)28/h3-12H,1-2H3,(H,23,26)/b22-12-. The first-order valence-corrected chi connectivity index (χ1v) is 9.19. The molecule has 28 heavy (non-hydrogen) atoms. The number of aromatic nitrogens is 1. The number of amides is 1. The first kappa shape index (κ1) is 19.5. The second-order valence-corrected chi connectivity index (χ2v) is 7.06. The molecule has 3 aromatic rings. The summed E-state index contributed by atoms with van der Waals surface area (Å²) in [5.74, 6) is -0.309. The number of carbonyl (C=O) groups is 1. The van der Waals surface area contributed by atoms with Crippen LogP contribution in [0.25, 0.3) is 5.69 Å². The summed E-state index contributed by atoms with van der Waals surface area (Å²) < 4.78 is 2.80. The topological polar surface area (TPSA) is 89.5 Å². The van der Waals surface area contributed by atoms with Gasteiger partial charge in [0.15, 0.2) is 0 Å². The third-order valence-corrected chi connectivity index (χ3v) is 4.77. The number of nitrogens with zero attached hydrogens (tertiary/aromatic N) is 3. The molecule has 1 aromatic heterocycles. The van der Waals surface area contributed by atoms with Crippen molar-refractivity contribution < 1.29 is 9.72 Å². The first-order chi connectivity index (χ1) is 13.4. The molecule has 142 valence electrons. The normalized spacial score (nSPS) is 11.0. The average molecular weight is 441 g/mol. The largest absolute Gasteiger partial charge is 0.318 e. The predicted molar refractivity (Wildman–Crippen MR) is 111 cm³/mol. The lowest BCUT2D eigenvalue weighted by atomic mass is 10.2. The van der Waals surface area contributed by atoms with Crippen LogP contribution in [0, 0.1) is 24.0 Å². The van der Waals surface area contributed by atoms with Gasteiger partial charge in [-0.3, -0.25) is 14.9 Å². The number of halogens is 1. The summed E-state index contributed by atoms with van der Waals surface area (Å²) in [5.41, 5.74) is 6.30. The summed E-state index contributed by atoms with van der Waals surface area (Å²) in [6.07, 6.45) is 1.56. The van der Waals surface area contributed by atoms with Crippen LogP contribution < -0.4 is 5.43 Å². The summed E-state index contributed by atoms with van der Waals surface area (Å²) in [6, 6.07) is 15.3. The molecule has 3 rings (SSSR count). The van der Waals surface area contributed by atoms with Gasteiger partial charge in [-0.25, -0.2) is 5.43 Å². The van der Waals surface area contributed by atoms with Crippen LogP contribution in [0.1, 0.15) is 27.3 Å². The van der Waals surface area contributed by atoms with Crippen LogP contribution >= 0.6 is 15.9 Å². The van der Waals surface area contributed by atoms with E-state index in [1.165, 1.54) is 12.1 Å². The summed E-state index contributed by atoms with van der Waals surface area (Å²) in [4.78, 5) is 22.7. The van der Waals surface area contributed by atoms with Crippen molar-refractivity contribution in [2.75, 3.05) is 0 Å². The Morgan fingerprint density at radius 2 is 1.89 bits per heavy atom. The number of aryl methyl sites for hydroxylation is 1. The number of hydrogen-bond acceptors (Lipinski definition) is 4. The van der Waals surface area contributed by atoms with E-state index in [0.29, 0.717) is 11.3 Å². The highest BCUT2D eigenvalue weighted by Crippen LogP contribution is 2.23. The van der Waals surface area contributed by atoms with Crippen molar-refractivity contribution in [1.82, 2.24) is 9.99 Å². The summed E-state index contributed by atoms with van der Waals surface area (Å²) in [7, 11) is 0. The third-order valence-electron chi connectivity index (χ3n) is 4.25. The van der Waals surface area contributed by atoms with Gasteiger partial charge in [-0.05, 0) is 50.2 Å². The van der Waals surface area contributed by atoms with E-state index >= 15 is 0 Å². The third kappa shape index (κ3) is 4.17. The van der Waals surface area contributed by atoms with E-state index in [9.17, 15) is 14.9 Å². The van der Waals surface area contributed by atoms with Crippen molar-refractivity contribution in [3.63, 3.8) is 0 Å². The molecule has 0 aliphatic carbocycles. The van der Waals surface area contributed by atoms with Crippen molar-refractivity contribution in [2.45, 2.75) is 13.8 Å². The maximum atomic E-state index is 12.1. The number of nitrogens with one attached hydrogen (secondary N) is 1. The summed E-state index contributed by atoms with van der Waals surface area (Å²) in [6.45, 7) is 3.80. The lowest BCUT2D eigenvalue weighted by Crippen LogP contribution is -2.17. The van der Waals surface area contributed by atoms with Crippen LogP contribution in [0.5, 0.6) is 0 Å². The Morgan fingerprint density at radius 1 is 1.18 bits per heavy atom. The van der Waals surface area contributed by atoms with Crippen LogP contribution in [0.3, 0.4) is 0 Å². The molecule has 1 heterocycles. The van der Waals surface area contributed by atoms with E-state index < -0.39 is 4.92 Å². The van der Waals surface area contributed by atoms with Gasteiger partial charge in [0, 0.05) is 39.1 Å². The van der Waals surface area contributed by atoms with Crippen LogP contribution in [0.2, 0.25) is 0 Å². The second-order valence-electron chi connectivity index (χ2n) is 6.14. The zero-order chi connectivity index (χ0) is 20.3. The van der Waals surface area contributed by atoms with Gasteiger partial charge in [-0.15, -0.1) is 0 Å². The van der Waals surface area contributed by atoms with Crippen LogP contribution in [0.4, 0.5) is 5.69 Å². The number of carbonyl (C=O) groups excluding carboxylic acids is 1. The van der Waals surface area contributed by atoms with E-state index in [1.807, 2.05) is 30.5 Å².